The molecule has 0 amide bonds. The molecule has 1 aliphatic heterocycles. The highest BCUT2D eigenvalue weighted by Crippen LogP contribution is 2.24. The van der Waals surface area contributed by atoms with E-state index < -0.39 is 9.84 Å². The summed E-state index contributed by atoms with van der Waals surface area (Å²) in [6, 6.07) is 25.7. The van der Waals surface area contributed by atoms with Crippen LogP contribution in [0.1, 0.15) is 29.5 Å². The predicted molar refractivity (Wildman–Crippen MR) is 146 cm³/mol. The smallest absolute Gasteiger partial charge is 0.204 e. The van der Waals surface area contributed by atoms with E-state index in [2.05, 4.69) is 26.9 Å². The maximum Gasteiger partial charge on any atom is 0.204 e. The van der Waals surface area contributed by atoms with Crippen LogP contribution in [0.2, 0.25) is 0 Å². The summed E-state index contributed by atoms with van der Waals surface area (Å²) in [5.41, 5.74) is 5.01. The number of nitrogens with zero attached hydrogens (tertiary/aromatic N) is 4. The van der Waals surface area contributed by atoms with Crippen molar-refractivity contribution < 1.29 is 8.42 Å². The third-order valence-corrected chi connectivity index (χ3v) is 8.20. The number of para-hydroxylation sites is 2. The second-order valence-corrected chi connectivity index (χ2v) is 11.8. The summed E-state index contributed by atoms with van der Waals surface area (Å²) >= 11 is 0. The first-order chi connectivity index (χ1) is 17.9. The minimum absolute atomic E-state index is 0.349. The molecule has 0 unspecified atom stereocenters. The Balaban J connectivity index is 1.20. The molecule has 0 aliphatic carbocycles. The Morgan fingerprint density at radius 2 is 1.65 bits per heavy atom. The normalized spacial score (nSPS) is 15.0. The Bertz CT molecular complexity index is 1510. The summed E-state index contributed by atoms with van der Waals surface area (Å²) in [4.78, 5) is 7.74. The van der Waals surface area contributed by atoms with Crippen LogP contribution in [0.25, 0.3) is 11.0 Å². The van der Waals surface area contributed by atoms with E-state index >= 15 is 0 Å². The van der Waals surface area contributed by atoms with Crippen molar-refractivity contribution in [2.75, 3.05) is 31.2 Å². The first-order valence-electron chi connectivity index (χ1n) is 12.6. The van der Waals surface area contributed by atoms with Gasteiger partial charge in [-0.2, -0.15) is 5.26 Å². The van der Waals surface area contributed by atoms with Crippen LogP contribution in [0.5, 0.6) is 0 Å². The number of nitrogens with one attached hydrogen (secondary N) is 1. The standard InChI is InChI=1S/C29H31N5O2S/c1-37(35,36)26-12-10-22(11-13-26)14-17-33-18-15-25(16-19-33)31-29-32-27-4-2-3-5-28(27)34(29)21-24-8-6-23(20-30)7-9-24/h2-13,25H,14-19,21H2,1H3,(H,31,32). The van der Waals surface area contributed by atoms with Gasteiger partial charge in [0, 0.05) is 31.9 Å². The number of nitriles is 1. The van der Waals surface area contributed by atoms with Gasteiger partial charge in [0.05, 0.1) is 34.1 Å². The summed E-state index contributed by atoms with van der Waals surface area (Å²) in [6.07, 6.45) is 4.21. The molecule has 1 fully saturated rings. The lowest BCUT2D eigenvalue weighted by Gasteiger charge is -2.32. The molecule has 4 aromatic rings. The highest BCUT2D eigenvalue weighted by molar-refractivity contribution is 7.90. The molecule has 37 heavy (non-hydrogen) atoms. The van der Waals surface area contributed by atoms with Crippen LogP contribution in [-0.4, -0.2) is 54.8 Å². The maximum atomic E-state index is 11.7. The van der Waals surface area contributed by atoms with E-state index in [0.717, 1.165) is 67.0 Å². The lowest BCUT2D eigenvalue weighted by molar-refractivity contribution is 0.221. The van der Waals surface area contributed by atoms with Crippen molar-refractivity contribution in [3.05, 3.63) is 89.5 Å². The van der Waals surface area contributed by atoms with E-state index in [1.54, 1.807) is 12.1 Å². The van der Waals surface area contributed by atoms with E-state index in [-0.39, 0.29) is 0 Å². The minimum Gasteiger partial charge on any atom is -0.353 e. The number of imidazole rings is 1. The molecule has 7 nitrogen and oxygen atoms in total. The van der Waals surface area contributed by atoms with Crippen molar-refractivity contribution in [1.29, 1.82) is 5.26 Å². The van der Waals surface area contributed by atoms with E-state index in [1.807, 2.05) is 54.6 Å². The SMILES string of the molecule is CS(=O)(=O)c1ccc(CCN2CCC(Nc3nc4ccccc4n3Cc3ccc(C#N)cc3)CC2)cc1. The monoisotopic (exact) mass is 513 g/mol. The average Bonchev–Trinajstić information content (AvgIpc) is 3.25. The summed E-state index contributed by atoms with van der Waals surface area (Å²) in [7, 11) is -3.16. The topological polar surface area (TPSA) is 91.0 Å². The van der Waals surface area contributed by atoms with Crippen LogP contribution >= 0.6 is 0 Å². The molecule has 8 heteroatoms. The lowest BCUT2D eigenvalue weighted by atomic mass is 10.0. The molecule has 1 aliphatic rings. The van der Waals surface area contributed by atoms with Gasteiger partial charge in [0.1, 0.15) is 0 Å². The van der Waals surface area contributed by atoms with Crippen molar-refractivity contribution in [2.24, 2.45) is 0 Å². The van der Waals surface area contributed by atoms with Crippen LogP contribution < -0.4 is 5.32 Å². The molecule has 3 aromatic carbocycles. The number of likely N-dealkylation sites (tertiary alicyclic amines) is 1. The fraction of sp³-hybridized carbons (Fsp3) is 0.310. The van der Waals surface area contributed by atoms with Crippen LogP contribution in [0.15, 0.2) is 77.7 Å². The fourth-order valence-electron chi connectivity index (χ4n) is 4.89. The van der Waals surface area contributed by atoms with E-state index in [0.29, 0.717) is 23.0 Å². The van der Waals surface area contributed by atoms with Crippen molar-refractivity contribution in [1.82, 2.24) is 14.5 Å². The minimum atomic E-state index is -3.16. The first kappa shape index (κ1) is 25.0. The van der Waals surface area contributed by atoms with E-state index in [1.165, 1.54) is 6.26 Å². The van der Waals surface area contributed by atoms with Gasteiger partial charge in [-0.1, -0.05) is 36.4 Å². The molecular weight excluding hydrogens is 482 g/mol. The molecule has 0 atom stereocenters. The van der Waals surface area contributed by atoms with Crippen LogP contribution in [0.3, 0.4) is 0 Å². The third kappa shape index (κ3) is 6.01. The highest BCUT2D eigenvalue weighted by atomic mass is 32.2. The van der Waals surface area contributed by atoms with Crippen molar-refractivity contribution >= 4 is 26.8 Å². The summed E-state index contributed by atoms with van der Waals surface area (Å²) in [5, 5.41) is 12.8. The highest BCUT2D eigenvalue weighted by Gasteiger charge is 2.21. The van der Waals surface area contributed by atoms with E-state index in [9.17, 15) is 8.42 Å². The maximum absolute atomic E-state index is 11.7. The zero-order valence-corrected chi connectivity index (χ0v) is 21.8. The van der Waals surface area contributed by atoms with Crippen molar-refractivity contribution in [3.8, 4) is 6.07 Å². The molecule has 1 saturated heterocycles. The van der Waals surface area contributed by atoms with Gasteiger partial charge < -0.3 is 14.8 Å². The number of benzene rings is 3. The second-order valence-electron chi connectivity index (χ2n) is 9.75. The molecular formula is C29H31N5O2S. The Labute approximate surface area is 218 Å². The molecule has 0 bridgehead atoms. The zero-order valence-electron chi connectivity index (χ0n) is 21.0. The first-order valence-corrected chi connectivity index (χ1v) is 14.5. The quantitative estimate of drug-likeness (QED) is 0.374. The summed E-state index contributed by atoms with van der Waals surface area (Å²) in [6.45, 7) is 3.66. The van der Waals surface area contributed by atoms with Gasteiger partial charge in [0.25, 0.3) is 0 Å². The predicted octanol–water partition coefficient (Wildman–Crippen LogP) is 4.48. The molecule has 190 valence electrons. The van der Waals surface area contributed by atoms with E-state index in [4.69, 9.17) is 10.2 Å². The number of fused-ring (bicyclic) bond motifs is 1. The Morgan fingerprint density at radius 3 is 2.32 bits per heavy atom. The number of aromatic nitrogens is 2. The number of sulfone groups is 1. The lowest BCUT2D eigenvalue weighted by Crippen LogP contribution is -2.40. The molecule has 2 heterocycles. The fourth-order valence-corrected chi connectivity index (χ4v) is 5.52. The number of anilines is 1. The number of piperidine rings is 1. The number of hydrogen-bond acceptors (Lipinski definition) is 6. The second kappa shape index (κ2) is 10.8. The molecule has 5 rings (SSSR count). The zero-order chi connectivity index (χ0) is 25.8. The van der Waals surface area contributed by atoms with Crippen LogP contribution in [0.4, 0.5) is 5.95 Å². The van der Waals surface area contributed by atoms with Crippen molar-refractivity contribution in [2.45, 2.75) is 36.7 Å². The largest absolute Gasteiger partial charge is 0.353 e. The Kier molecular flexibility index (Phi) is 7.26. The number of rotatable bonds is 8. The van der Waals surface area contributed by atoms with Gasteiger partial charge in [-0.3, -0.25) is 0 Å². The van der Waals surface area contributed by atoms with Gasteiger partial charge in [-0.25, -0.2) is 13.4 Å². The van der Waals surface area contributed by atoms with Gasteiger partial charge in [-0.15, -0.1) is 0 Å². The molecule has 1 aromatic heterocycles. The van der Waals surface area contributed by atoms with Gasteiger partial charge in [0.2, 0.25) is 5.95 Å². The Morgan fingerprint density at radius 1 is 0.973 bits per heavy atom. The molecule has 0 saturated carbocycles. The van der Waals surface area contributed by atoms with Crippen molar-refractivity contribution in [3.63, 3.8) is 0 Å². The van der Waals surface area contributed by atoms with Crippen LogP contribution in [0, 0.1) is 11.3 Å². The Hall–Kier alpha value is -3.67. The molecule has 0 radical (unpaired) electrons. The average molecular weight is 514 g/mol. The summed E-state index contributed by atoms with van der Waals surface area (Å²) in [5.74, 6) is 0.884. The van der Waals surface area contributed by atoms with Gasteiger partial charge in [-0.05, 0) is 66.8 Å². The summed E-state index contributed by atoms with van der Waals surface area (Å²) < 4.78 is 25.6. The van der Waals surface area contributed by atoms with Crippen LogP contribution in [-0.2, 0) is 22.8 Å². The van der Waals surface area contributed by atoms with Gasteiger partial charge >= 0.3 is 0 Å². The molecule has 0 spiro atoms. The molecule has 1 N–H and O–H groups in total. The number of hydrogen-bond donors (Lipinski definition) is 1. The third-order valence-electron chi connectivity index (χ3n) is 7.07. The van der Waals surface area contributed by atoms with Gasteiger partial charge in [0.15, 0.2) is 9.84 Å².